The van der Waals surface area contributed by atoms with Crippen molar-refractivity contribution in [1.29, 1.82) is 0 Å². The number of nitrogens with zero attached hydrogens (tertiary/aromatic N) is 3. The van der Waals surface area contributed by atoms with E-state index < -0.39 is 5.97 Å². The zero-order valence-electron chi connectivity index (χ0n) is 10.9. The molecular formula is C14H15N3O2S. The summed E-state index contributed by atoms with van der Waals surface area (Å²) in [7, 11) is 0. The second kappa shape index (κ2) is 5.50. The molecule has 1 N–H and O–H groups in total. The Bertz CT molecular complexity index is 592. The van der Waals surface area contributed by atoms with E-state index in [1.807, 2.05) is 6.07 Å². The summed E-state index contributed by atoms with van der Waals surface area (Å²) in [6.45, 7) is 3.57. The fourth-order valence-electron chi connectivity index (χ4n) is 2.32. The lowest BCUT2D eigenvalue weighted by Crippen LogP contribution is -2.46. The molecule has 0 atom stereocenters. The lowest BCUT2D eigenvalue weighted by molar-refractivity contribution is 0.0690. The Morgan fingerprint density at radius 3 is 2.50 bits per heavy atom. The van der Waals surface area contributed by atoms with Crippen molar-refractivity contribution < 1.29 is 9.90 Å². The van der Waals surface area contributed by atoms with Crippen molar-refractivity contribution in [2.45, 2.75) is 0 Å². The molecule has 1 aliphatic rings. The van der Waals surface area contributed by atoms with Gasteiger partial charge in [-0.3, -0.25) is 0 Å². The lowest BCUT2D eigenvalue weighted by atomic mass is 10.3. The quantitative estimate of drug-likeness (QED) is 0.938. The summed E-state index contributed by atoms with van der Waals surface area (Å²) in [6, 6.07) is 9.33. The van der Waals surface area contributed by atoms with Gasteiger partial charge in [-0.1, -0.05) is 6.07 Å². The number of anilines is 2. The summed E-state index contributed by atoms with van der Waals surface area (Å²) in [5.41, 5.74) is 0.100. The van der Waals surface area contributed by atoms with Crippen molar-refractivity contribution in [2.24, 2.45) is 0 Å². The molecule has 6 heteroatoms. The number of rotatable bonds is 3. The molecule has 104 valence electrons. The summed E-state index contributed by atoms with van der Waals surface area (Å²) < 4.78 is 0. The summed E-state index contributed by atoms with van der Waals surface area (Å²) >= 11 is 1.75. The van der Waals surface area contributed by atoms with Crippen LogP contribution in [-0.4, -0.2) is 42.2 Å². The van der Waals surface area contributed by atoms with Crippen LogP contribution in [0.15, 0.2) is 35.7 Å². The zero-order chi connectivity index (χ0) is 13.9. The van der Waals surface area contributed by atoms with Crippen LogP contribution in [0, 0.1) is 0 Å². The van der Waals surface area contributed by atoms with Crippen LogP contribution in [0.3, 0.4) is 0 Å². The molecule has 0 aliphatic carbocycles. The molecule has 0 bridgehead atoms. The fourth-order valence-corrected chi connectivity index (χ4v) is 3.11. The smallest absolute Gasteiger partial charge is 0.354 e. The van der Waals surface area contributed by atoms with Gasteiger partial charge in [0, 0.05) is 26.2 Å². The van der Waals surface area contributed by atoms with Crippen molar-refractivity contribution in [3.05, 3.63) is 41.4 Å². The highest BCUT2D eigenvalue weighted by Gasteiger charge is 2.19. The Kier molecular flexibility index (Phi) is 3.56. The molecule has 2 aromatic rings. The Labute approximate surface area is 121 Å². The summed E-state index contributed by atoms with van der Waals surface area (Å²) in [5, 5.41) is 12.4. The van der Waals surface area contributed by atoms with Crippen molar-refractivity contribution >= 4 is 28.1 Å². The van der Waals surface area contributed by atoms with E-state index in [4.69, 9.17) is 5.11 Å². The highest BCUT2D eigenvalue weighted by molar-refractivity contribution is 7.14. The van der Waals surface area contributed by atoms with Gasteiger partial charge in [0.25, 0.3) is 0 Å². The molecule has 2 aromatic heterocycles. The van der Waals surface area contributed by atoms with Gasteiger partial charge < -0.3 is 14.9 Å². The normalized spacial score (nSPS) is 15.4. The van der Waals surface area contributed by atoms with Crippen molar-refractivity contribution in [2.75, 3.05) is 36.0 Å². The number of pyridine rings is 1. The van der Waals surface area contributed by atoms with Gasteiger partial charge in [-0.25, -0.2) is 9.78 Å². The molecule has 5 nitrogen and oxygen atoms in total. The zero-order valence-corrected chi connectivity index (χ0v) is 11.7. The number of aromatic nitrogens is 1. The third kappa shape index (κ3) is 2.60. The molecule has 0 saturated carbocycles. The molecular weight excluding hydrogens is 274 g/mol. The van der Waals surface area contributed by atoms with Crippen LogP contribution in [-0.2, 0) is 0 Å². The number of thiophene rings is 1. The maximum absolute atomic E-state index is 11.0. The summed E-state index contributed by atoms with van der Waals surface area (Å²) in [4.78, 5) is 19.6. The van der Waals surface area contributed by atoms with Crippen LogP contribution < -0.4 is 9.80 Å². The van der Waals surface area contributed by atoms with Gasteiger partial charge in [0.2, 0.25) is 0 Å². The van der Waals surface area contributed by atoms with Crippen LogP contribution in [0.2, 0.25) is 0 Å². The topological polar surface area (TPSA) is 56.7 Å². The van der Waals surface area contributed by atoms with Gasteiger partial charge in [-0.05, 0) is 29.6 Å². The molecule has 3 heterocycles. The van der Waals surface area contributed by atoms with Gasteiger partial charge in [0.05, 0.1) is 5.00 Å². The van der Waals surface area contributed by atoms with E-state index in [2.05, 4.69) is 32.3 Å². The number of hydrogen-bond donors (Lipinski definition) is 1. The fraction of sp³-hybridized carbons (Fsp3) is 0.286. The van der Waals surface area contributed by atoms with E-state index >= 15 is 0 Å². The average Bonchev–Trinajstić information content (AvgIpc) is 3.02. The Balaban J connectivity index is 1.69. The average molecular weight is 289 g/mol. The van der Waals surface area contributed by atoms with E-state index in [0.717, 1.165) is 32.0 Å². The van der Waals surface area contributed by atoms with E-state index in [1.165, 1.54) is 11.1 Å². The molecule has 0 radical (unpaired) electrons. The summed E-state index contributed by atoms with van der Waals surface area (Å²) in [5.74, 6) is -0.236. The predicted octanol–water partition coefficient (Wildman–Crippen LogP) is 2.17. The van der Waals surface area contributed by atoms with Gasteiger partial charge in [0.15, 0.2) is 5.69 Å². The standard InChI is InChI=1S/C14H15N3O2S/c18-14(19)11-3-1-4-12(15-11)16-6-8-17(9-7-16)13-5-2-10-20-13/h1-5,10H,6-9H2,(H,18,19). The predicted molar refractivity (Wildman–Crippen MR) is 79.9 cm³/mol. The van der Waals surface area contributed by atoms with E-state index in [-0.39, 0.29) is 5.69 Å². The van der Waals surface area contributed by atoms with Crippen LogP contribution in [0.1, 0.15) is 10.5 Å². The number of hydrogen-bond acceptors (Lipinski definition) is 5. The van der Waals surface area contributed by atoms with Crippen LogP contribution >= 0.6 is 11.3 Å². The van der Waals surface area contributed by atoms with Gasteiger partial charge in [0.1, 0.15) is 5.82 Å². The Morgan fingerprint density at radius 1 is 1.10 bits per heavy atom. The monoisotopic (exact) mass is 289 g/mol. The van der Waals surface area contributed by atoms with Crippen LogP contribution in [0.25, 0.3) is 0 Å². The third-order valence-electron chi connectivity index (χ3n) is 3.38. The largest absolute Gasteiger partial charge is 0.477 e. The molecule has 20 heavy (non-hydrogen) atoms. The first-order valence-corrected chi connectivity index (χ1v) is 7.36. The maximum Gasteiger partial charge on any atom is 0.354 e. The van der Waals surface area contributed by atoms with Gasteiger partial charge in [-0.2, -0.15) is 0 Å². The minimum atomic E-state index is -0.982. The molecule has 0 spiro atoms. The Hall–Kier alpha value is -2.08. The lowest BCUT2D eigenvalue weighted by Gasteiger charge is -2.36. The first-order chi connectivity index (χ1) is 9.74. The number of aromatic carboxylic acids is 1. The van der Waals surface area contributed by atoms with E-state index in [1.54, 1.807) is 17.4 Å². The second-order valence-corrected chi connectivity index (χ2v) is 5.54. The van der Waals surface area contributed by atoms with Crippen molar-refractivity contribution in [1.82, 2.24) is 4.98 Å². The third-order valence-corrected chi connectivity index (χ3v) is 4.30. The first-order valence-electron chi connectivity index (χ1n) is 6.48. The number of carboxylic acid groups (broad SMARTS) is 1. The molecule has 3 rings (SSSR count). The number of piperazine rings is 1. The molecule has 1 fully saturated rings. The van der Waals surface area contributed by atoms with Crippen LogP contribution in [0.4, 0.5) is 10.8 Å². The minimum absolute atomic E-state index is 0.100. The van der Waals surface area contributed by atoms with Gasteiger partial charge in [-0.15, -0.1) is 11.3 Å². The molecule has 1 saturated heterocycles. The van der Waals surface area contributed by atoms with Crippen molar-refractivity contribution in [3.8, 4) is 0 Å². The number of carbonyl (C=O) groups is 1. The SMILES string of the molecule is O=C(O)c1cccc(N2CCN(c3cccs3)CC2)n1. The highest BCUT2D eigenvalue weighted by Crippen LogP contribution is 2.23. The molecule has 0 aromatic carbocycles. The van der Waals surface area contributed by atoms with E-state index in [0.29, 0.717) is 0 Å². The molecule has 1 aliphatic heterocycles. The molecule has 0 amide bonds. The number of carboxylic acids is 1. The van der Waals surface area contributed by atoms with Crippen LogP contribution in [0.5, 0.6) is 0 Å². The minimum Gasteiger partial charge on any atom is -0.477 e. The van der Waals surface area contributed by atoms with E-state index in [9.17, 15) is 4.79 Å². The molecule has 0 unspecified atom stereocenters. The second-order valence-electron chi connectivity index (χ2n) is 4.61. The first kappa shape index (κ1) is 12.9. The highest BCUT2D eigenvalue weighted by atomic mass is 32.1. The van der Waals surface area contributed by atoms with Crippen molar-refractivity contribution in [3.63, 3.8) is 0 Å². The maximum atomic E-state index is 11.0. The summed E-state index contributed by atoms with van der Waals surface area (Å²) in [6.07, 6.45) is 0. The van der Waals surface area contributed by atoms with Gasteiger partial charge >= 0.3 is 5.97 Å². The Morgan fingerprint density at radius 2 is 1.85 bits per heavy atom.